The number of aromatic nitrogens is 6. The molecule has 0 aliphatic carbocycles. The Kier molecular flexibility index (Phi) is 5.55. The zero-order chi connectivity index (χ0) is 22.0. The lowest BCUT2D eigenvalue weighted by Gasteiger charge is -1.97. The van der Waals surface area contributed by atoms with Crippen LogP contribution in [-0.4, -0.2) is 40.3 Å². The maximum absolute atomic E-state index is 11.0. The van der Waals surface area contributed by atoms with Crippen LogP contribution in [0.2, 0.25) is 5.02 Å². The van der Waals surface area contributed by atoms with E-state index in [2.05, 4.69) is 25.6 Å². The summed E-state index contributed by atoms with van der Waals surface area (Å²) in [7, 11) is 0. The largest absolute Gasteiger partial charge is 0.411 e. The summed E-state index contributed by atoms with van der Waals surface area (Å²) in [5, 5.41) is 42.5. The van der Waals surface area contributed by atoms with Crippen molar-refractivity contribution in [2.75, 3.05) is 0 Å². The molecule has 0 spiro atoms. The number of thioether (sulfide) groups is 1. The van der Waals surface area contributed by atoms with Crippen LogP contribution in [0.25, 0.3) is 22.8 Å². The van der Waals surface area contributed by atoms with Crippen LogP contribution in [-0.2, 0) is 5.88 Å². The summed E-state index contributed by atoms with van der Waals surface area (Å²) in [5.41, 5.74) is -0.0943. The molecule has 4 aromatic rings. The van der Waals surface area contributed by atoms with E-state index in [0.29, 0.717) is 16.5 Å². The molecule has 0 bridgehead atoms. The molecule has 0 aliphatic heterocycles. The summed E-state index contributed by atoms with van der Waals surface area (Å²) in [6.45, 7) is 0. The molecule has 0 atom stereocenters. The van der Waals surface area contributed by atoms with Crippen LogP contribution in [0.15, 0.2) is 52.1 Å². The number of benzene rings is 2. The van der Waals surface area contributed by atoms with Crippen molar-refractivity contribution < 1.29 is 14.3 Å². The van der Waals surface area contributed by atoms with Gasteiger partial charge in [-0.25, -0.2) is 0 Å². The average molecular weight is 461 g/mol. The molecule has 0 amide bonds. The van der Waals surface area contributed by atoms with Gasteiger partial charge >= 0.3 is 0 Å². The zero-order valence-corrected chi connectivity index (χ0v) is 16.7. The predicted molar refractivity (Wildman–Crippen MR) is 107 cm³/mol. The second kappa shape index (κ2) is 8.45. The highest BCUT2D eigenvalue weighted by molar-refractivity contribution is 7.98. The van der Waals surface area contributed by atoms with E-state index in [1.54, 1.807) is 24.3 Å². The lowest BCUT2D eigenvalue weighted by molar-refractivity contribution is -0.394. The minimum atomic E-state index is -0.732. The Labute approximate surface area is 181 Å². The maximum Gasteiger partial charge on any atom is 0.278 e. The highest BCUT2D eigenvalue weighted by Crippen LogP contribution is 2.28. The predicted octanol–water partition coefficient (Wildman–Crippen LogP) is 3.61. The van der Waals surface area contributed by atoms with Crippen LogP contribution in [0.4, 0.5) is 11.4 Å². The number of hydrogen-bond acceptors (Lipinski definition) is 11. The topological polar surface area (TPSA) is 169 Å². The van der Waals surface area contributed by atoms with Crippen LogP contribution < -0.4 is 0 Å². The molecule has 0 unspecified atom stereocenters. The molecule has 0 N–H and O–H groups in total. The maximum atomic E-state index is 11.0. The lowest BCUT2D eigenvalue weighted by atomic mass is 10.1. The van der Waals surface area contributed by atoms with Gasteiger partial charge in [-0.1, -0.05) is 11.6 Å². The Hall–Kier alpha value is -3.91. The summed E-state index contributed by atoms with van der Waals surface area (Å²) >= 11 is 6.99. The average Bonchev–Trinajstić information content (AvgIpc) is 3.42. The SMILES string of the molecule is O=[N+]([O-])c1cc(-c2nnn(CSc3nnc(-c4ccc(Cl)cc4)o3)n2)cc([N+](=O)[O-])c1. The van der Waals surface area contributed by atoms with Crippen molar-refractivity contribution in [1.29, 1.82) is 0 Å². The van der Waals surface area contributed by atoms with Gasteiger partial charge in [-0.2, -0.15) is 4.80 Å². The van der Waals surface area contributed by atoms with Gasteiger partial charge in [0.25, 0.3) is 16.6 Å². The lowest BCUT2D eigenvalue weighted by Crippen LogP contribution is -1.99. The van der Waals surface area contributed by atoms with Crippen LogP contribution in [0.3, 0.4) is 0 Å². The van der Waals surface area contributed by atoms with Gasteiger partial charge in [0.1, 0.15) is 5.88 Å². The fourth-order valence-electron chi connectivity index (χ4n) is 2.44. The molecule has 13 nitrogen and oxygen atoms in total. The van der Waals surface area contributed by atoms with Crippen molar-refractivity contribution >= 4 is 34.7 Å². The standard InChI is InChI=1S/C16H9ClN8O5S/c17-11-3-1-9(2-4-11)15-19-20-16(30-15)31-8-23-21-14(18-22-23)10-5-12(24(26)27)7-13(6-10)25(28)29/h1-7H,8H2. The van der Waals surface area contributed by atoms with E-state index in [0.717, 1.165) is 30.0 Å². The van der Waals surface area contributed by atoms with E-state index in [-0.39, 0.29) is 22.5 Å². The summed E-state index contributed by atoms with van der Waals surface area (Å²) in [6, 6.07) is 10.0. The smallest absolute Gasteiger partial charge is 0.278 e. The van der Waals surface area contributed by atoms with E-state index >= 15 is 0 Å². The van der Waals surface area contributed by atoms with Crippen molar-refractivity contribution in [1.82, 2.24) is 30.4 Å². The molecule has 156 valence electrons. The van der Waals surface area contributed by atoms with Gasteiger partial charge in [0.15, 0.2) is 0 Å². The Balaban J connectivity index is 1.48. The molecule has 0 saturated carbocycles. The number of nitro groups is 2. The Bertz CT molecular complexity index is 1240. The van der Waals surface area contributed by atoms with Crippen molar-refractivity contribution in [3.63, 3.8) is 0 Å². The van der Waals surface area contributed by atoms with Gasteiger partial charge in [-0.15, -0.1) is 20.4 Å². The number of hydrogen-bond donors (Lipinski definition) is 0. The molecule has 2 aromatic heterocycles. The first-order valence-corrected chi connectivity index (χ1v) is 9.70. The second-order valence-corrected chi connectivity index (χ2v) is 7.22. The Morgan fingerprint density at radius 2 is 1.65 bits per heavy atom. The van der Waals surface area contributed by atoms with E-state index in [9.17, 15) is 20.2 Å². The fraction of sp³-hybridized carbons (Fsp3) is 0.0625. The van der Waals surface area contributed by atoms with Gasteiger partial charge in [0.2, 0.25) is 11.7 Å². The number of non-ortho nitro benzene ring substituents is 2. The van der Waals surface area contributed by atoms with E-state index in [1.807, 2.05) is 0 Å². The molecule has 15 heteroatoms. The molecule has 0 saturated heterocycles. The molecule has 2 heterocycles. The second-order valence-electron chi connectivity index (χ2n) is 5.89. The van der Waals surface area contributed by atoms with Crippen LogP contribution in [0.5, 0.6) is 0 Å². The molecule has 0 radical (unpaired) electrons. The van der Waals surface area contributed by atoms with Gasteiger partial charge in [0, 0.05) is 28.3 Å². The summed E-state index contributed by atoms with van der Waals surface area (Å²) in [4.78, 5) is 21.8. The monoisotopic (exact) mass is 460 g/mol. The summed E-state index contributed by atoms with van der Waals surface area (Å²) in [5.74, 6) is 0.460. The van der Waals surface area contributed by atoms with E-state index < -0.39 is 21.2 Å². The zero-order valence-electron chi connectivity index (χ0n) is 15.2. The first-order valence-electron chi connectivity index (χ1n) is 8.33. The van der Waals surface area contributed by atoms with Gasteiger partial charge in [-0.3, -0.25) is 20.2 Å². The minimum absolute atomic E-state index is 0.000202. The molecular weight excluding hydrogens is 452 g/mol. The summed E-state index contributed by atoms with van der Waals surface area (Å²) in [6.07, 6.45) is 0. The molecule has 0 fully saturated rings. The number of nitrogens with zero attached hydrogens (tertiary/aromatic N) is 8. The van der Waals surface area contributed by atoms with Crippen LogP contribution in [0.1, 0.15) is 0 Å². The molecular formula is C16H9ClN8O5S. The third-order valence-corrected chi connectivity index (χ3v) is 4.86. The van der Waals surface area contributed by atoms with Gasteiger partial charge in [-0.05, 0) is 41.2 Å². The highest BCUT2D eigenvalue weighted by atomic mass is 35.5. The van der Waals surface area contributed by atoms with Crippen LogP contribution in [0, 0.1) is 20.2 Å². The Morgan fingerprint density at radius 3 is 2.29 bits per heavy atom. The number of nitro benzene ring substituents is 2. The van der Waals surface area contributed by atoms with Gasteiger partial charge < -0.3 is 4.42 Å². The summed E-state index contributed by atoms with van der Waals surface area (Å²) < 4.78 is 5.57. The third kappa shape index (κ3) is 4.65. The highest BCUT2D eigenvalue weighted by Gasteiger charge is 2.19. The van der Waals surface area contributed by atoms with Crippen molar-refractivity contribution in [2.24, 2.45) is 0 Å². The van der Waals surface area contributed by atoms with Crippen LogP contribution >= 0.6 is 23.4 Å². The first-order chi connectivity index (χ1) is 14.9. The Morgan fingerprint density at radius 1 is 0.968 bits per heavy atom. The number of rotatable bonds is 7. The van der Waals surface area contributed by atoms with Crippen molar-refractivity contribution in [2.45, 2.75) is 11.1 Å². The van der Waals surface area contributed by atoms with E-state index in [4.69, 9.17) is 16.0 Å². The minimum Gasteiger partial charge on any atom is -0.411 e. The normalized spacial score (nSPS) is 10.9. The van der Waals surface area contributed by atoms with Crippen molar-refractivity contribution in [3.05, 3.63) is 67.7 Å². The molecule has 31 heavy (non-hydrogen) atoms. The molecule has 0 aliphatic rings. The number of halogens is 1. The fourth-order valence-corrected chi connectivity index (χ4v) is 3.14. The first kappa shape index (κ1) is 20.4. The number of tetrazole rings is 1. The van der Waals surface area contributed by atoms with Crippen molar-refractivity contribution in [3.8, 4) is 22.8 Å². The molecule has 4 rings (SSSR count). The third-order valence-electron chi connectivity index (χ3n) is 3.84. The quantitative estimate of drug-likeness (QED) is 0.224. The van der Waals surface area contributed by atoms with E-state index in [1.165, 1.54) is 4.80 Å². The molecule has 2 aromatic carbocycles. The van der Waals surface area contributed by atoms with Gasteiger partial charge in [0.05, 0.1) is 15.9 Å².